The Labute approximate surface area is 63.6 Å². The molecular formula is C6H11F3N2. The van der Waals surface area contributed by atoms with Gasteiger partial charge < -0.3 is 0 Å². The molecule has 1 heterocycles. The number of nitrogens with zero attached hydrogens (tertiary/aromatic N) is 2. The average Bonchev–Trinajstić information content (AvgIpc) is 2.32. The smallest absolute Gasteiger partial charge is 0.289 e. The lowest BCUT2D eigenvalue weighted by molar-refractivity contribution is -0.241. The van der Waals surface area contributed by atoms with Crippen LogP contribution < -0.4 is 0 Å². The van der Waals surface area contributed by atoms with Gasteiger partial charge in [0.05, 0.1) is 6.67 Å². The Hall–Kier alpha value is -0.290. The van der Waals surface area contributed by atoms with Crippen molar-refractivity contribution < 1.29 is 13.2 Å². The zero-order valence-corrected chi connectivity index (χ0v) is 6.36. The van der Waals surface area contributed by atoms with Gasteiger partial charge in [-0.05, 0) is 6.54 Å². The second-order valence-corrected chi connectivity index (χ2v) is 2.58. The van der Waals surface area contributed by atoms with Gasteiger partial charge in [0, 0.05) is 13.1 Å². The zero-order chi connectivity index (χ0) is 8.48. The minimum atomic E-state index is -4.15. The molecule has 11 heavy (non-hydrogen) atoms. The van der Waals surface area contributed by atoms with E-state index < -0.39 is 6.30 Å². The molecule has 1 fully saturated rings. The third kappa shape index (κ3) is 2.07. The highest BCUT2D eigenvalue weighted by Crippen LogP contribution is 2.23. The zero-order valence-electron chi connectivity index (χ0n) is 6.36. The molecule has 0 aliphatic carbocycles. The van der Waals surface area contributed by atoms with Gasteiger partial charge in [0.25, 0.3) is 0 Å². The van der Waals surface area contributed by atoms with E-state index in [1.165, 1.54) is 0 Å². The van der Waals surface area contributed by atoms with E-state index >= 15 is 0 Å². The van der Waals surface area contributed by atoms with Gasteiger partial charge in [0.2, 0.25) is 0 Å². The molecule has 66 valence electrons. The van der Waals surface area contributed by atoms with Crippen LogP contribution >= 0.6 is 0 Å². The number of likely N-dealkylation sites (N-methyl/N-ethyl adjacent to an activating group) is 1. The van der Waals surface area contributed by atoms with E-state index in [0.717, 1.165) is 0 Å². The fourth-order valence-electron chi connectivity index (χ4n) is 1.11. The molecule has 1 aliphatic rings. The Bertz CT molecular complexity index is 134. The Kier molecular flexibility index (Phi) is 2.39. The molecule has 0 spiro atoms. The minimum absolute atomic E-state index is 0.0278. The first-order chi connectivity index (χ1) is 5.04. The van der Waals surface area contributed by atoms with E-state index in [2.05, 4.69) is 0 Å². The van der Waals surface area contributed by atoms with Crippen molar-refractivity contribution in [1.82, 2.24) is 9.80 Å². The van der Waals surface area contributed by atoms with Crippen LogP contribution in [0.25, 0.3) is 0 Å². The van der Waals surface area contributed by atoms with Crippen molar-refractivity contribution in [3.05, 3.63) is 0 Å². The summed E-state index contributed by atoms with van der Waals surface area (Å²) >= 11 is 0. The van der Waals surface area contributed by atoms with E-state index in [0.29, 0.717) is 18.0 Å². The summed E-state index contributed by atoms with van der Waals surface area (Å²) in [6.45, 7) is 3.21. The van der Waals surface area contributed by atoms with Crippen molar-refractivity contribution in [3.8, 4) is 0 Å². The Morgan fingerprint density at radius 1 is 1.27 bits per heavy atom. The first-order valence-corrected chi connectivity index (χ1v) is 3.58. The van der Waals surface area contributed by atoms with Crippen molar-refractivity contribution in [1.29, 1.82) is 0 Å². The average molecular weight is 168 g/mol. The van der Waals surface area contributed by atoms with Crippen LogP contribution in [0.2, 0.25) is 0 Å². The molecule has 0 aromatic carbocycles. The van der Waals surface area contributed by atoms with Crippen molar-refractivity contribution in [3.63, 3.8) is 0 Å². The number of alkyl halides is 3. The first kappa shape index (κ1) is 8.80. The number of hydrogen-bond acceptors (Lipinski definition) is 2. The summed E-state index contributed by atoms with van der Waals surface area (Å²) in [5.74, 6) is 0. The molecule has 0 atom stereocenters. The molecular weight excluding hydrogens is 157 g/mol. The van der Waals surface area contributed by atoms with Crippen LogP contribution in [-0.2, 0) is 0 Å². The van der Waals surface area contributed by atoms with Gasteiger partial charge in [-0.3, -0.25) is 4.90 Å². The largest absolute Gasteiger partial charge is 0.461 e. The third-order valence-electron chi connectivity index (χ3n) is 1.86. The summed E-state index contributed by atoms with van der Waals surface area (Å²) in [5.41, 5.74) is 0. The van der Waals surface area contributed by atoms with Gasteiger partial charge in [0.1, 0.15) is 0 Å². The van der Waals surface area contributed by atoms with Gasteiger partial charge in [-0.2, -0.15) is 18.1 Å². The number of hydrogen-bond donors (Lipinski definition) is 0. The molecule has 0 bridgehead atoms. The van der Waals surface area contributed by atoms with E-state index in [9.17, 15) is 13.2 Å². The minimum Gasteiger partial charge on any atom is -0.289 e. The van der Waals surface area contributed by atoms with Crippen LogP contribution in [0, 0.1) is 0 Å². The predicted octanol–water partition coefficient (Wildman–Crippen LogP) is 1.10. The van der Waals surface area contributed by atoms with Crippen molar-refractivity contribution >= 4 is 0 Å². The highest BCUT2D eigenvalue weighted by Gasteiger charge is 2.40. The van der Waals surface area contributed by atoms with Crippen LogP contribution in [0.1, 0.15) is 6.92 Å². The monoisotopic (exact) mass is 168 g/mol. The Morgan fingerprint density at radius 3 is 2.18 bits per heavy atom. The Morgan fingerprint density at radius 2 is 1.91 bits per heavy atom. The maximum atomic E-state index is 12.0. The number of halogens is 3. The van der Waals surface area contributed by atoms with Crippen molar-refractivity contribution in [2.45, 2.75) is 13.2 Å². The predicted molar refractivity (Wildman–Crippen MR) is 34.9 cm³/mol. The molecule has 2 nitrogen and oxygen atoms in total. The molecule has 0 unspecified atom stereocenters. The van der Waals surface area contributed by atoms with Crippen LogP contribution in [0.15, 0.2) is 0 Å². The van der Waals surface area contributed by atoms with Gasteiger partial charge in [-0.25, -0.2) is 0 Å². The van der Waals surface area contributed by atoms with E-state index in [-0.39, 0.29) is 13.2 Å². The third-order valence-corrected chi connectivity index (χ3v) is 1.86. The molecule has 0 N–H and O–H groups in total. The molecule has 0 radical (unpaired) electrons. The molecule has 0 saturated carbocycles. The maximum Gasteiger partial charge on any atom is 0.461 e. The first-order valence-electron chi connectivity index (χ1n) is 3.58. The normalized spacial score (nSPS) is 22.9. The van der Waals surface area contributed by atoms with Gasteiger partial charge in [0.15, 0.2) is 0 Å². The summed E-state index contributed by atoms with van der Waals surface area (Å²) in [5, 5.41) is 0. The van der Waals surface area contributed by atoms with E-state index in [1.807, 2.05) is 6.92 Å². The molecule has 0 aromatic rings. The molecule has 1 rings (SSSR count). The van der Waals surface area contributed by atoms with Crippen LogP contribution in [-0.4, -0.2) is 42.4 Å². The summed E-state index contributed by atoms with van der Waals surface area (Å²) < 4.78 is 35.9. The topological polar surface area (TPSA) is 6.48 Å². The van der Waals surface area contributed by atoms with Crippen molar-refractivity contribution in [2.24, 2.45) is 0 Å². The molecule has 1 saturated heterocycles. The lowest BCUT2D eigenvalue weighted by atomic mass is 10.6. The van der Waals surface area contributed by atoms with Crippen molar-refractivity contribution in [2.75, 3.05) is 26.3 Å². The van der Waals surface area contributed by atoms with Crippen LogP contribution in [0.3, 0.4) is 0 Å². The lowest BCUT2D eigenvalue weighted by Crippen LogP contribution is -2.37. The number of rotatable bonds is 1. The fourth-order valence-corrected chi connectivity index (χ4v) is 1.11. The highest BCUT2D eigenvalue weighted by molar-refractivity contribution is 4.71. The van der Waals surface area contributed by atoms with Crippen LogP contribution in [0.5, 0.6) is 0 Å². The van der Waals surface area contributed by atoms with E-state index in [4.69, 9.17) is 0 Å². The summed E-state index contributed by atoms with van der Waals surface area (Å²) in [6, 6.07) is 0. The molecule has 0 amide bonds. The highest BCUT2D eigenvalue weighted by atomic mass is 19.4. The summed E-state index contributed by atoms with van der Waals surface area (Å²) in [6.07, 6.45) is -4.15. The van der Waals surface area contributed by atoms with Gasteiger partial charge in [-0.1, -0.05) is 6.92 Å². The summed E-state index contributed by atoms with van der Waals surface area (Å²) in [4.78, 5) is 2.28. The second kappa shape index (κ2) is 2.98. The maximum absolute atomic E-state index is 12.0. The Balaban J connectivity index is 2.42. The second-order valence-electron chi connectivity index (χ2n) is 2.58. The molecule has 5 heteroatoms. The standard InChI is InChI=1S/C6H11F3N2/c1-2-10-3-4-11(5-10)6(7,8)9/h2-5H2,1H3. The summed E-state index contributed by atoms with van der Waals surface area (Å²) in [7, 11) is 0. The van der Waals surface area contributed by atoms with Crippen LogP contribution in [0.4, 0.5) is 13.2 Å². The quantitative estimate of drug-likeness (QED) is 0.541. The van der Waals surface area contributed by atoms with Gasteiger partial charge in [-0.15, -0.1) is 0 Å². The fraction of sp³-hybridized carbons (Fsp3) is 1.00. The van der Waals surface area contributed by atoms with E-state index in [1.54, 1.807) is 4.90 Å². The SMILES string of the molecule is CCN1CCN(C(F)(F)F)C1. The molecule has 0 aromatic heterocycles. The lowest BCUT2D eigenvalue weighted by Gasteiger charge is -2.19. The molecule has 1 aliphatic heterocycles. The van der Waals surface area contributed by atoms with Gasteiger partial charge >= 0.3 is 6.30 Å².